The third kappa shape index (κ3) is 5.84. The lowest BCUT2D eigenvalue weighted by atomic mass is 10.1. The Hall–Kier alpha value is -4.63. The molecule has 3 aromatic carbocycles. The van der Waals surface area contributed by atoms with Gasteiger partial charge in [0, 0.05) is 16.3 Å². The molecule has 0 aliphatic carbocycles. The number of amides is 5. The number of nitrogens with zero attached hydrogens (tertiary/aromatic N) is 1. The van der Waals surface area contributed by atoms with Crippen LogP contribution in [0, 0.1) is 13.8 Å². The lowest BCUT2D eigenvalue weighted by molar-refractivity contribution is -0.122. The predicted molar refractivity (Wildman–Crippen MR) is 143 cm³/mol. The van der Waals surface area contributed by atoms with Crippen molar-refractivity contribution in [2.24, 2.45) is 0 Å². The molecule has 0 unspecified atom stereocenters. The number of urea groups is 1. The van der Waals surface area contributed by atoms with Crippen molar-refractivity contribution in [3.63, 3.8) is 0 Å². The van der Waals surface area contributed by atoms with Crippen LogP contribution in [0.1, 0.15) is 16.7 Å². The van der Waals surface area contributed by atoms with Gasteiger partial charge in [0.2, 0.25) is 0 Å². The number of barbiturate groups is 1. The van der Waals surface area contributed by atoms with Gasteiger partial charge in [-0.05, 0) is 85.6 Å². The summed E-state index contributed by atoms with van der Waals surface area (Å²) in [5, 5.41) is 5.25. The maximum atomic E-state index is 13.2. The first-order chi connectivity index (χ1) is 18.2. The highest BCUT2D eigenvalue weighted by molar-refractivity contribution is 6.39. The summed E-state index contributed by atoms with van der Waals surface area (Å²) in [6.45, 7) is 3.59. The Morgan fingerprint density at radius 1 is 1.00 bits per heavy atom. The largest absolute Gasteiger partial charge is 0.497 e. The molecular formula is C28H24ClN3O6. The summed E-state index contributed by atoms with van der Waals surface area (Å²) in [5.74, 6) is -1.35. The van der Waals surface area contributed by atoms with Crippen LogP contribution in [-0.4, -0.2) is 37.5 Å². The van der Waals surface area contributed by atoms with Crippen molar-refractivity contribution in [2.75, 3.05) is 23.9 Å². The van der Waals surface area contributed by atoms with E-state index in [1.807, 2.05) is 26.0 Å². The second-order valence-corrected chi connectivity index (χ2v) is 8.91. The third-order valence-corrected chi connectivity index (χ3v) is 6.09. The number of rotatable bonds is 7. The highest BCUT2D eigenvalue weighted by atomic mass is 35.5. The molecule has 0 saturated carbocycles. The molecule has 2 N–H and O–H groups in total. The van der Waals surface area contributed by atoms with Crippen molar-refractivity contribution in [3.8, 4) is 11.5 Å². The molecule has 5 amide bonds. The topological polar surface area (TPSA) is 114 Å². The third-order valence-electron chi connectivity index (χ3n) is 5.85. The maximum absolute atomic E-state index is 13.2. The molecule has 10 heteroatoms. The fourth-order valence-corrected chi connectivity index (χ4v) is 3.88. The molecule has 0 spiro atoms. The Balaban J connectivity index is 1.56. The SMILES string of the molecule is COc1ccc(N2C(=O)NC(=O)/C(=C\c3cc(Cl)ccc3OCC(=O)Nc3ccc(C)c(C)c3)C2=O)cc1. The van der Waals surface area contributed by atoms with Gasteiger partial charge in [0.15, 0.2) is 6.61 Å². The zero-order valence-corrected chi connectivity index (χ0v) is 21.6. The number of imide groups is 2. The van der Waals surface area contributed by atoms with Gasteiger partial charge in [0.05, 0.1) is 12.8 Å². The first-order valence-corrected chi connectivity index (χ1v) is 11.9. The number of carbonyl (C=O) groups excluding carboxylic acids is 4. The van der Waals surface area contributed by atoms with Gasteiger partial charge in [-0.3, -0.25) is 19.7 Å². The van der Waals surface area contributed by atoms with E-state index in [2.05, 4.69) is 10.6 Å². The number of hydrogen-bond acceptors (Lipinski definition) is 6. The van der Waals surface area contributed by atoms with E-state index in [4.69, 9.17) is 21.1 Å². The van der Waals surface area contributed by atoms with E-state index in [0.29, 0.717) is 16.5 Å². The molecule has 38 heavy (non-hydrogen) atoms. The first-order valence-electron chi connectivity index (χ1n) is 11.5. The number of hydrogen-bond donors (Lipinski definition) is 2. The average Bonchev–Trinajstić information content (AvgIpc) is 2.88. The minimum atomic E-state index is -0.882. The van der Waals surface area contributed by atoms with Crippen LogP contribution in [0.5, 0.6) is 11.5 Å². The molecule has 0 bridgehead atoms. The minimum absolute atomic E-state index is 0.214. The average molecular weight is 534 g/mol. The molecule has 1 aliphatic heterocycles. The van der Waals surface area contributed by atoms with Crippen LogP contribution in [0.2, 0.25) is 5.02 Å². The molecule has 3 aromatic rings. The van der Waals surface area contributed by atoms with E-state index in [1.165, 1.54) is 37.5 Å². The summed E-state index contributed by atoms with van der Waals surface area (Å²) >= 11 is 6.16. The van der Waals surface area contributed by atoms with Crippen LogP contribution in [0.3, 0.4) is 0 Å². The van der Waals surface area contributed by atoms with Gasteiger partial charge in [-0.25, -0.2) is 9.69 Å². The maximum Gasteiger partial charge on any atom is 0.335 e. The Kier molecular flexibility index (Phi) is 7.78. The summed E-state index contributed by atoms with van der Waals surface area (Å²) in [7, 11) is 1.49. The van der Waals surface area contributed by atoms with E-state index >= 15 is 0 Å². The molecule has 9 nitrogen and oxygen atoms in total. The smallest absolute Gasteiger partial charge is 0.335 e. The highest BCUT2D eigenvalue weighted by Gasteiger charge is 2.37. The fraction of sp³-hybridized carbons (Fsp3) is 0.143. The number of ether oxygens (including phenoxy) is 2. The Labute approximate surface area is 224 Å². The quantitative estimate of drug-likeness (QED) is 0.337. The normalized spacial score (nSPS) is 14.4. The zero-order chi connectivity index (χ0) is 27.4. The fourth-order valence-electron chi connectivity index (χ4n) is 3.70. The number of halogens is 1. The zero-order valence-electron chi connectivity index (χ0n) is 20.8. The van der Waals surface area contributed by atoms with E-state index < -0.39 is 23.8 Å². The minimum Gasteiger partial charge on any atom is -0.497 e. The molecule has 0 aromatic heterocycles. The molecule has 1 heterocycles. The van der Waals surface area contributed by atoms with Gasteiger partial charge >= 0.3 is 6.03 Å². The van der Waals surface area contributed by atoms with Crippen molar-refractivity contribution >= 4 is 52.8 Å². The van der Waals surface area contributed by atoms with Crippen molar-refractivity contribution in [2.45, 2.75) is 13.8 Å². The van der Waals surface area contributed by atoms with E-state index in [1.54, 1.807) is 24.3 Å². The number of nitrogens with one attached hydrogen (secondary N) is 2. The second-order valence-electron chi connectivity index (χ2n) is 8.47. The molecule has 1 fully saturated rings. The summed E-state index contributed by atoms with van der Waals surface area (Å²) in [6, 6.07) is 15.4. The van der Waals surface area contributed by atoms with Crippen LogP contribution < -0.4 is 25.0 Å². The van der Waals surface area contributed by atoms with Gasteiger partial charge in [0.1, 0.15) is 17.1 Å². The van der Waals surface area contributed by atoms with Crippen molar-refractivity contribution in [1.82, 2.24) is 5.32 Å². The van der Waals surface area contributed by atoms with E-state index in [0.717, 1.165) is 16.0 Å². The predicted octanol–water partition coefficient (Wildman–Crippen LogP) is 4.65. The van der Waals surface area contributed by atoms with Crippen LogP contribution in [0.15, 0.2) is 66.2 Å². The lowest BCUT2D eigenvalue weighted by Crippen LogP contribution is -2.54. The molecule has 1 aliphatic rings. The van der Waals surface area contributed by atoms with E-state index in [-0.39, 0.29) is 29.2 Å². The number of anilines is 2. The molecular weight excluding hydrogens is 510 g/mol. The number of benzene rings is 3. The van der Waals surface area contributed by atoms with Crippen LogP contribution in [-0.2, 0) is 14.4 Å². The Bertz CT molecular complexity index is 1470. The number of carbonyl (C=O) groups is 4. The van der Waals surface area contributed by atoms with Crippen molar-refractivity contribution < 1.29 is 28.7 Å². The second kappa shape index (κ2) is 11.2. The Morgan fingerprint density at radius 2 is 1.74 bits per heavy atom. The summed E-state index contributed by atoms with van der Waals surface area (Å²) < 4.78 is 10.8. The number of methoxy groups -OCH3 is 1. The molecule has 0 radical (unpaired) electrons. The number of aryl methyl sites for hydroxylation is 2. The lowest BCUT2D eigenvalue weighted by Gasteiger charge is -2.26. The Morgan fingerprint density at radius 3 is 2.42 bits per heavy atom. The van der Waals surface area contributed by atoms with Gasteiger partial charge in [-0.1, -0.05) is 17.7 Å². The van der Waals surface area contributed by atoms with Crippen LogP contribution in [0.4, 0.5) is 16.2 Å². The summed E-state index contributed by atoms with van der Waals surface area (Å²) in [6.07, 6.45) is 1.27. The van der Waals surface area contributed by atoms with Crippen LogP contribution in [0.25, 0.3) is 6.08 Å². The van der Waals surface area contributed by atoms with Gasteiger partial charge in [0.25, 0.3) is 17.7 Å². The van der Waals surface area contributed by atoms with Crippen LogP contribution >= 0.6 is 11.6 Å². The van der Waals surface area contributed by atoms with Crippen molar-refractivity contribution in [3.05, 3.63) is 87.9 Å². The van der Waals surface area contributed by atoms with E-state index in [9.17, 15) is 19.2 Å². The van der Waals surface area contributed by atoms with Gasteiger partial charge in [-0.15, -0.1) is 0 Å². The van der Waals surface area contributed by atoms with Gasteiger partial charge < -0.3 is 14.8 Å². The standard InChI is InChI=1S/C28H24ClN3O6/c1-16-4-6-20(12-17(16)2)30-25(33)15-38-24-11-5-19(29)13-18(24)14-23-26(34)31-28(36)32(27(23)35)21-7-9-22(37-3)10-8-21/h4-14H,15H2,1-3H3,(H,30,33)(H,31,34,36)/b23-14+. The molecule has 194 valence electrons. The van der Waals surface area contributed by atoms with Crippen molar-refractivity contribution in [1.29, 1.82) is 0 Å². The molecule has 1 saturated heterocycles. The summed E-state index contributed by atoms with van der Waals surface area (Å²) in [5.41, 5.74) is 2.98. The van der Waals surface area contributed by atoms with Gasteiger partial charge in [-0.2, -0.15) is 0 Å². The summed E-state index contributed by atoms with van der Waals surface area (Å²) in [4.78, 5) is 51.6. The highest BCUT2D eigenvalue weighted by Crippen LogP contribution is 2.28. The monoisotopic (exact) mass is 533 g/mol. The molecule has 0 atom stereocenters. The molecule has 4 rings (SSSR count). The first kappa shape index (κ1) is 26.4.